The van der Waals surface area contributed by atoms with Gasteiger partial charge in [0.25, 0.3) is 5.91 Å². The van der Waals surface area contributed by atoms with E-state index >= 15 is 0 Å². The van der Waals surface area contributed by atoms with Crippen LogP contribution in [0.15, 0.2) is 60.1 Å². The number of amides is 1. The highest BCUT2D eigenvalue weighted by atomic mass is 32.1. The topological polar surface area (TPSA) is 60.7 Å². The molecule has 0 N–H and O–H groups in total. The summed E-state index contributed by atoms with van der Waals surface area (Å²) in [6, 6.07) is 17.2. The molecule has 218 valence electrons. The number of aryl methyl sites for hydroxylation is 1. The van der Waals surface area contributed by atoms with Crippen molar-refractivity contribution in [1.82, 2.24) is 29.5 Å². The molecule has 1 aromatic carbocycles. The minimum Gasteiger partial charge on any atom is -0.371 e. The largest absolute Gasteiger partial charge is 0.371 e. The molecule has 0 unspecified atom stereocenters. The van der Waals surface area contributed by atoms with E-state index in [2.05, 4.69) is 83.7 Å². The number of carbonyl (C=O) groups excluding carboxylic acids is 1. The zero-order valence-electron chi connectivity index (χ0n) is 24.8. The van der Waals surface area contributed by atoms with Crippen molar-refractivity contribution in [3.8, 4) is 16.9 Å². The van der Waals surface area contributed by atoms with Crippen molar-refractivity contribution >= 4 is 22.9 Å². The standard InChI is InChI=1S/C33H39N7OS/c1-36(2)33(29-6-4-5-16-34-29)14-17-38(18-15-33)24-7-9-25(10-8-24)40-31-26-13-23-42-28(26)12-11-27(31)30(35-40)32(41)39-21-19-37(3)20-22-39/h4-10,13,16,23H,11-12,14-15,17-22H2,1-3H3. The van der Waals surface area contributed by atoms with E-state index in [-0.39, 0.29) is 11.4 Å². The van der Waals surface area contributed by atoms with Gasteiger partial charge in [-0.15, -0.1) is 11.3 Å². The van der Waals surface area contributed by atoms with E-state index in [0.29, 0.717) is 5.69 Å². The van der Waals surface area contributed by atoms with Gasteiger partial charge >= 0.3 is 0 Å². The van der Waals surface area contributed by atoms with Gasteiger partial charge in [0.05, 0.1) is 22.6 Å². The Morgan fingerprint density at radius 2 is 1.64 bits per heavy atom. The van der Waals surface area contributed by atoms with Crippen molar-refractivity contribution in [2.75, 3.05) is 65.3 Å². The summed E-state index contributed by atoms with van der Waals surface area (Å²) in [7, 11) is 6.46. The molecule has 2 fully saturated rings. The molecule has 0 saturated carbocycles. The van der Waals surface area contributed by atoms with Crippen LogP contribution in [-0.4, -0.2) is 95.8 Å². The fourth-order valence-electron chi connectivity index (χ4n) is 6.98. The second-order valence-electron chi connectivity index (χ2n) is 12.1. The van der Waals surface area contributed by atoms with Gasteiger partial charge in [0.15, 0.2) is 5.69 Å². The molecule has 3 aromatic heterocycles. The van der Waals surface area contributed by atoms with Crippen molar-refractivity contribution in [2.24, 2.45) is 0 Å². The third-order valence-corrected chi connectivity index (χ3v) is 10.6. The lowest BCUT2D eigenvalue weighted by Crippen LogP contribution is -2.51. The number of likely N-dealkylation sites (N-methyl/N-ethyl adjacent to an activating group) is 1. The number of carbonyl (C=O) groups is 1. The Balaban J connectivity index is 1.16. The van der Waals surface area contributed by atoms with Gasteiger partial charge in [-0.1, -0.05) is 6.07 Å². The highest BCUT2D eigenvalue weighted by molar-refractivity contribution is 7.10. The van der Waals surface area contributed by atoms with Crippen LogP contribution in [0.3, 0.4) is 0 Å². The molecule has 0 atom stereocenters. The minimum absolute atomic E-state index is 0.0449. The number of hydrogen-bond donors (Lipinski definition) is 0. The van der Waals surface area contributed by atoms with Crippen LogP contribution in [0, 0.1) is 0 Å². The van der Waals surface area contributed by atoms with Gasteiger partial charge in [0.1, 0.15) is 0 Å². The number of thiophene rings is 1. The molecule has 0 bridgehead atoms. The molecule has 8 nitrogen and oxygen atoms in total. The number of piperidine rings is 1. The monoisotopic (exact) mass is 581 g/mol. The number of fused-ring (bicyclic) bond motifs is 3. The normalized spacial score (nSPS) is 18.7. The highest BCUT2D eigenvalue weighted by Gasteiger charge is 2.39. The molecule has 1 amide bonds. The Morgan fingerprint density at radius 3 is 2.33 bits per heavy atom. The van der Waals surface area contributed by atoms with Gasteiger partial charge in [-0.2, -0.15) is 5.10 Å². The van der Waals surface area contributed by atoms with E-state index in [4.69, 9.17) is 10.1 Å². The molecule has 7 rings (SSSR count). The van der Waals surface area contributed by atoms with Crippen molar-refractivity contribution in [3.63, 3.8) is 0 Å². The van der Waals surface area contributed by atoms with Gasteiger partial charge in [-0.25, -0.2) is 4.68 Å². The Bertz CT molecular complexity index is 1560. The molecule has 4 aromatic rings. The molecular formula is C33H39N7OS. The van der Waals surface area contributed by atoms with Crippen LogP contribution in [-0.2, 0) is 18.4 Å². The quantitative estimate of drug-likeness (QED) is 0.345. The first kappa shape index (κ1) is 27.3. The first-order valence-corrected chi connectivity index (χ1v) is 15.9. The first-order chi connectivity index (χ1) is 20.4. The number of piperazine rings is 1. The van der Waals surface area contributed by atoms with Gasteiger partial charge < -0.3 is 14.7 Å². The molecule has 0 spiro atoms. The Hall–Kier alpha value is -3.53. The van der Waals surface area contributed by atoms with Crippen LogP contribution in [0.2, 0.25) is 0 Å². The number of pyridine rings is 1. The van der Waals surface area contributed by atoms with E-state index in [1.165, 1.54) is 16.1 Å². The molecule has 2 saturated heterocycles. The fourth-order valence-corrected chi connectivity index (χ4v) is 7.86. The van der Waals surface area contributed by atoms with E-state index < -0.39 is 0 Å². The fraction of sp³-hybridized carbons (Fsp3) is 0.424. The van der Waals surface area contributed by atoms with Crippen LogP contribution in [0.1, 0.15) is 39.5 Å². The van der Waals surface area contributed by atoms with Crippen LogP contribution in [0.5, 0.6) is 0 Å². The second kappa shape index (κ2) is 10.9. The van der Waals surface area contributed by atoms with Crippen molar-refractivity contribution in [2.45, 2.75) is 31.2 Å². The van der Waals surface area contributed by atoms with Crippen molar-refractivity contribution < 1.29 is 4.79 Å². The summed E-state index contributed by atoms with van der Waals surface area (Å²) < 4.78 is 2.03. The average Bonchev–Trinajstić information content (AvgIpc) is 3.67. The summed E-state index contributed by atoms with van der Waals surface area (Å²) >= 11 is 1.80. The number of hydrogen-bond acceptors (Lipinski definition) is 7. The van der Waals surface area contributed by atoms with Crippen LogP contribution in [0.25, 0.3) is 16.9 Å². The zero-order chi connectivity index (χ0) is 28.8. The summed E-state index contributed by atoms with van der Waals surface area (Å²) in [4.78, 5) is 28.9. The van der Waals surface area contributed by atoms with E-state index in [0.717, 1.165) is 87.6 Å². The lowest BCUT2D eigenvalue weighted by atomic mass is 9.82. The summed E-state index contributed by atoms with van der Waals surface area (Å²) in [5, 5.41) is 7.20. The predicted octanol–water partition coefficient (Wildman–Crippen LogP) is 4.54. The third-order valence-electron chi connectivity index (χ3n) is 9.63. The van der Waals surface area contributed by atoms with Crippen LogP contribution in [0.4, 0.5) is 5.69 Å². The minimum atomic E-state index is -0.0449. The molecule has 9 heteroatoms. The summed E-state index contributed by atoms with van der Waals surface area (Å²) in [6.45, 7) is 5.24. The van der Waals surface area contributed by atoms with E-state index in [1.807, 2.05) is 21.8 Å². The summed E-state index contributed by atoms with van der Waals surface area (Å²) in [6.07, 6.45) is 5.76. The number of nitrogens with zero attached hydrogens (tertiary/aromatic N) is 7. The molecule has 42 heavy (non-hydrogen) atoms. The second-order valence-corrected chi connectivity index (χ2v) is 13.1. The van der Waals surface area contributed by atoms with Gasteiger partial charge in [-0.3, -0.25) is 14.7 Å². The maximum Gasteiger partial charge on any atom is 0.274 e. The third kappa shape index (κ3) is 4.64. The lowest BCUT2D eigenvalue weighted by molar-refractivity contribution is 0.0656. The van der Waals surface area contributed by atoms with Gasteiger partial charge in [0, 0.05) is 67.2 Å². The summed E-state index contributed by atoms with van der Waals surface area (Å²) in [5.41, 5.74) is 7.37. The maximum atomic E-state index is 13.8. The van der Waals surface area contributed by atoms with Gasteiger partial charge in [-0.05, 0) is 94.7 Å². The number of aromatic nitrogens is 3. The maximum absolute atomic E-state index is 13.8. The lowest BCUT2D eigenvalue weighted by Gasteiger charge is -2.46. The van der Waals surface area contributed by atoms with Crippen LogP contribution >= 0.6 is 11.3 Å². The van der Waals surface area contributed by atoms with Crippen LogP contribution < -0.4 is 4.90 Å². The van der Waals surface area contributed by atoms with Crippen molar-refractivity contribution in [1.29, 1.82) is 0 Å². The number of benzene rings is 1. The Morgan fingerprint density at radius 1 is 0.905 bits per heavy atom. The molecule has 3 aliphatic rings. The van der Waals surface area contributed by atoms with E-state index in [9.17, 15) is 4.79 Å². The number of anilines is 1. The highest BCUT2D eigenvalue weighted by Crippen LogP contribution is 2.41. The summed E-state index contributed by atoms with van der Waals surface area (Å²) in [5.74, 6) is 0.0685. The molecular weight excluding hydrogens is 542 g/mol. The average molecular weight is 582 g/mol. The van der Waals surface area contributed by atoms with Gasteiger partial charge in [0.2, 0.25) is 0 Å². The molecule has 2 aliphatic heterocycles. The van der Waals surface area contributed by atoms with Crippen molar-refractivity contribution in [3.05, 3.63) is 81.9 Å². The molecule has 0 radical (unpaired) electrons. The first-order valence-electron chi connectivity index (χ1n) is 15.1. The number of rotatable bonds is 5. The smallest absolute Gasteiger partial charge is 0.274 e. The Labute approximate surface area is 252 Å². The molecule has 1 aliphatic carbocycles. The predicted molar refractivity (Wildman–Crippen MR) is 169 cm³/mol. The zero-order valence-corrected chi connectivity index (χ0v) is 25.6. The SMILES string of the molecule is CN1CCN(C(=O)c2nn(-c3ccc(N4CCC(c5ccccn5)(N(C)C)CC4)cc3)c3c2CCc2sccc2-3)CC1. The van der Waals surface area contributed by atoms with E-state index in [1.54, 1.807) is 11.3 Å². The molecule has 5 heterocycles. The Kier molecular flexibility index (Phi) is 7.12.